The predicted molar refractivity (Wildman–Crippen MR) is 111 cm³/mol. The first kappa shape index (κ1) is 19.2. The first-order chi connectivity index (χ1) is 13.2. The summed E-state index contributed by atoms with van der Waals surface area (Å²) in [6, 6.07) is 10.8. The van der Waals surface area contributed by atoms with Crippen LogP contribution in [0.2, 0.25) is 0 Å². The lowest BCUT2D eigenvalue weighted by atomic mass is 9.99. The summed E-state index contributed by atoms with van der Waals surface area (Å²) in [7, 11) is 1.69. The third kappa shape index (κ3) is 4.77. The molecule has 0 fully saturated rings. The molecular formula is C21H29N5O. The highest BCUT2D eigenvalue weighted by molar-refractivity contribution is 5.87. The van der Waals surface area contributed by atoms with Crippen LogP contribution in [0.25, 0.3) is 11.0 Å². The summed E-state index contributed by atoms with van der Waals surface area (Å²) in [6.45, 7) is 4.43. The summed E-state index contributed by atoms with van der Waals surface area (Å²) in [5.74, 6) is 1.06. The standard InChI is InChI=1S/C21H29N5O/c1-3-7-16-8-4-5-9-17(16)10-6-13-26-14-11-18-19(26)20(23-12-15-27-2)25-21(22)24-18/h4-5,8-9,11,14H,3,6-7,10,12-13,15H2,1-2H3,(H3,22,23,24,25). The second kappa shape index (κ2) is 9.37. The van der Waals surface area contributed by atoms with Crippen molar-refractivity contribution in [2.45, 2.75) is 39.2 Å². The molecular weight excluding hydrogens is 338 g/mol. The lowest BCUT2D eigenvalue weighted by Crippen LogP contribution is -2.12. The molecule has 0 aliphatic rings. The number of benzene rings is 1. The number of aryl methyl sites for hydroxylation is 3. The average Bonchev–Trinajstić information content (AvgIpc) is 3.06. The number of fused-ring (bicyclic) bond motifs is 1. The van der Waals surface area contributed by atoms with Gasteiger partial charge in [-0.3, -0.25) is 0 Å². The van der Waals surface area contributed by atoms with Crippen molar-refractivity contribution in [2.75, 3.05) is 31.3 Å². The summed E-state index contributed by atoms with van der Waals surface area (Å²) >= 11 is 0. The molecule has 3 aromatic rings. The number of hydrogen-bond donors (Lipinski definition) is 2. The van der Waals surface area contributed by atoms with Gasteiger partial charge in [-0.2, -0.15) is 4.98 Å². The van der Waals surface area contributed by atoms with E-state index in [-0.39, 0.29) is 5.95 Å². The Kier molecular flexibility index (Phi) is 6.65. The van der Waals surface area contributed by atoms with Crippen molar-refractivity contribution in [3.63, 3.8) is 0 Å². The molecule has 0 amide bonds. The summed E-state index contributed by atoms with van der Waals surface area (Å²) in [4.78, 5) is 8.75. The molecule has 0 unspecified atom stereocenters. The molecule has 2 heterocycles. The highest BCUT2D eigenvalue weighted by Gasteiger charge is 2.11. The van der Waals surface area contributed by atoms with Crippen molar-refractivity contribution in [1.82, 2.24) is 14.5 Å². The number of aromatic nitrogens is 3. The molecule has 0 bridgehead atoms. The highest BCUT2D eigenvalue weighted by atomic mass is 16.5. The lowest BCUT2D eigenvalue weighted by Gasteiger charge is -2.12. The van der Waals surface area contributed by atoms with Crippen molar-refractivity contribution < 1.29 is 4.74 Å². The SMILES string of the molecule is CCCc1ccccc1CCCn1ccc2nc(N)nc(NCCOC)c21. The van der Waals surface area contributed by atoms with Gasteiger partial charge in [0.25, 0.3) is 0 Å². The van der Waals surface area contributed by atoms with Crippen LogP contribution in [0.4, 0.5) is 11.8 Å². The van der Waals surface area contributed by atoms with Crippen LogP contribution in [0.15, 0.2) is 36.5 Å². The van der Waals surface area contributed by atoms with Gasteiger partial charge >= 0.3 is 0 Å². The maximum atomic E-state index is 5.86. The monoisotopic (exact) mass is 367 g/mol. The van der Waals surface area contributed by atoms with E-state index in [0.29, 0.717) is 13.2 Å². The average molecular weight is 367 g/mol. The van der Waals surface area contributed by atoms with Crippen molar-refractivity contribution in [2.24, 2.45) is 0 Å². The lowest BCUT2D eigenvalue weighted by molar-refractivity contribution is 0.210. The third-order valence-corrected chi connectivity index (χ3v) is 4.71. The van der Waals surface area contributed by atoms with Gasteiger partial charge in [0.05, 0.1) is 12.1 Å². The molecule has 6 heteroatoms. The van der Waals surface area contributed by atoms with E-state index >= 15 is 0 Å². The van der Waals surface area contributed by atoms with Crippen molar-refractivity contribution in [3.05, 3.63) is 47.7 Å². The van der Waals surface area contributed by atoms with E-state index in [1.165, 1.54) is 17.5 Å². The molecule has 3 N–H and O–H groups in total. The van der Waals surface area contributed by atoms with Gasteiger partial charge in [0, 0.05) is 26.4 Å². The van der Waals surface area contributed by atoms with E-state index < -0.39 is 0 Å². The van der Waals surface area contributed by atoms with Crippen LogP contribution in [0.3, 0.4) is 0 Å². The number of ether oxygens (including phenoxy) is 1. The van der Waals surface area contributed by atoms with Crippen LogP contribution in [0, 0.1) is 0 Å². The van der Waals surface area contributed by atoms with Gasteiger partial charge < -0.3 is 20.4 Å². The van der Waals surface area contributed by atoms with Crippen LogP contribution in [-0.2, 0) is 24.1 Å². The van der Waals surface area contributed by atoms with E-state index in [0.717, 1.165) is 42.7 Å². The fourth-order valence-electron chi connectivity index (χ4n) is 3.46. The molecule has 3 rings (SSSR count). The smallest absolute Gasteiger partial charge is 0.222 e. The second-order valence-corrected chi connectivity index (χ2v) is 6.72. The topological polar surface area (TPSA) is 78.0 Å². The second-order valence-electron chi connectivity index (χ2n) is 6.72. The minimum Gasteiger partial charge on any atom is -0.383 e. The summed E-state index contributed by atoms with van der Waals surface area (Å²) in [5, 5.41) is 3.31. The summed E-state index contributed by atoms with van der Waals surface area (Å²) in [5.41, 5.74) is 10.6. The molecule has 0 spiro atoms. The molecule has 27 heavy (non-hydrogen) atoms. The van der Waals surface area contributed by atoms with Crippen molar-refractivity contribution in [3.8, 4) is 0 Å². The number of rotatable bonds is 10. The van der Waals surface area contributed by atoms with E-state index in [1.54, 1.807) is 7.11 Å². The van der Waals surface area contributed by atoms with Crippen molar-refractivity contribution >= 4 is 22.8 Å². The molecule has 0 saturated heterocycles. The molecule has 0 atom stereocenters. The Balaban J connectivity index is 1.73. The minimum absolute atomic E-state index is 0.286. The molecule has 6 nitrogen and oxygen atoms in total. The molecule has 144 valence electrons. The van der Waals surface area contributed by atoms with E-state index in [1.807, 2.05) is 6.07 Å². The van der Waals surface area contributed by atoms with Crippen LogP contribution >= 0.6 is 0 Å². The summed E-state index contributed by atoms with van der Waals surface area (Å²) < 4.78 is 7.33. The molecule has 0 radical (unpaired) electrons. The molecule has 2 aromatic heterocycles. The van der Waals surface area contributed by atoms with Gasteiger partial charge in [-0.05, 0) is 36.5 Å². The quantitative estimate of drug-likeness (QED) is 0.535. The molecule has 0 aliphatic heterocycles. The zero-order valence-corrected chi connectivity index (χ0v) is 16.2. The van der Waals surface area contributed by atoms with Gasteiger partial charge in [0.1, 0.15) is 5.52 Å². The largest absolute Gasteiger partial charge is 0.383 e. The fraction of sp³-hybridized carbons (Fsp3) is 0.429. The van der Waals surface area contributed by atoms with Gasteiger partial charge in [0.15, 0.2) is 5.82 Å². The van der Waals surface area contributed by atoms with Crippen LogP contribution in [0.5, 0.6) is 0 Å². The maximum Gasteiger partial charge on any atom is 0.222 e. The number of nitrogen functional groups attached to an aromatic ring is 1. The highest BCUT2D eigenvalue weighted by Crippen LogP contribution is 2.23. The van der Waals surface area contributed by atoms with Crippen LogP contribution < -0.4 is 11.1 Å². The Hall–Kier alpha value is -2.60. The Labute approximate surface area is 160 Å². The number of methoxy groups -OCH3 is 1. The number of hydrogen-bond acceptors (Lipinski definition) is 5. The third-order valence-electron chi connectivity index (χ3n) is 4.71. The molecule has 0 saturated carbocycles. The molecule has 0 aliphatic carbocycles. The minimum atomic E-state index is 0.286. The number of nitrogens with zero attached hydrogens (tertiary/aromatic N) is 3. The first-order valence-corrected chi connectivity index (χ1v) is 9.65. The number of anilines is 2. The van der Waals surface area contributed by atoms with Crippen molar-refractivity contribution in [1.29, 1.82) is 0 Å². The number of nitrogens with two attached hydrogens (primary N) is 1. The van der Waals surface area contributed by atoms with Gasteiger partial charge in [0.2, 0.25) is 5.95 Å². The first-order valence-electron chi connectivity index (χ1n) is 9.65. The van der Waals surface area contributed by atoms with Crippen LogP contribution in [-0.4, -0.2) is 34.8 Å². The van der Waals surface area contributed by atoms with E-state index in [9.17, 15) is 0 Å². The van der Waals surface area contributed by atoms with E-state index in [2.05, 4.69) is 57.2 Å². The van der Waals surface area contributed by atoms with E-state index in [4.69, 9.17) is 10.5 Å². The fourth-order valence-corrected chi connectivity index (χ4v) is 3.46. The Morgan fingerprint density at radius 3 is 2.63 bits per heavy atom. The Bertz CT molecular complexity index is 874. The van der Waals surface area contributed by atoms with Gasteiger partial charge in [-0.25, -0.2) is 4.98 Å². The normalized spacial score (nSPS) is 11.2. The van der Waals surface area contributed by atoms with Crippen LogP contribution in [0.1, 0.15) is 30.9 Å². The Morgan fingerprint density at radius 2 is 1.89 bits per heavy atom. The van der Waals surface area contributed by atoms with Gasteiger partial charge in [-0.15, -0.1) is 0 Å². The summed E-state index contributed by atoms with van der Waals surface area (Å²) in [6.07, 6.45) is 6.51. The zero-order chi connectivity index (χ0) is 19.1. The molecule has 1 aromatic carbocycles. The number of nitrogens with one attached hydrogen (secondary N) is 1. The zero-order valence-electron chi connectivity index (χ0n) is 16.2. The maximum absolute atomic E-state index is 5.86. The predicted octanol–water partition coefficient (Wildman–Crippen LogP) is 3.66. The van der Waals surface area contributed by atoms with Gasteiger partial charge in [-0.1, -0.05) is 37.6 Å². The Morgan fingerprint density at radius 1 is 1.11 bits per heavy atom.